The quantitative estimate of drug-likeness (QED) is 0.768. The van der Waals surface area contributed by atoms with Crippen molar-refractivity contribution in [2.24, 2.45) is 0 Å². The lowest BCUT2D eigenvalue weighted by molar-refractivity contribution is 0.255. The van der Waals surface area contributed by atoms with Gasteiger partial charge in [0.1, 0.15) is 5.75 Å². The molecule has 0 aliphatic carbocycles. The summed E-state index contributed by atoms with van der Waals surface area (Å²) in [6.07, 6.45) is 4.03. The number of nitrogens with one attached hydrogen (secondary N) is 1. The maximum absolute atomic E-state index is 8.83. The summed E-state index contributed by atoms with van der Waals surface area (Å²) in [4.78, 5) is 0. The molecule has 2 N–H and O–H groups in total. The van der Waals surface area contributed by atoms with E-state index in [0.29, 0.717) is 0 Å². The molecule has 0 aliphatic heterocycles. The number of aliphatic hydroxyl groups is 1. The molecule has 0 saturated heterocycles. The van der Waals surface area contributed by atoms with Gasteiger partial charge in [-0.2, -0.15) is 0 Å². The van der Waals surface area contributed by atoms with Gasteiger partial charge in [0.2, 0.25) is 0 Å². The van der Waals surface area contributed by atoms with E-state index >= 15 is 0 Å². The number of hydrogen-bond acceptors (Lipinski definition) is 3. The van der Waals surface area contributed by atoms with E-state index in [4.69, 9.17) is 9.84 Å². The number of para-hydroxylation sites is 1. The highest BCUT2D eigenvalue weighted by molar-refractivity contribution is 5.57. The molecule has 3 nitrogen and oxygen atoms in total. The van der Waals surface area contributed by atoms with Crippen molar-refractivity contribution in [2.75, 3.05) is 20.3 Å². The third-order valence-corrected chi connectivity index (χ3v) is 2.29. The molecule has 0 radical (unpaired) electrons. The fraction of sp³-hybridized carbons (Fsp3) is 0.385. The van der Waals surface area contributed by atoms with Crippen molar-refractivity contribution in [3.8, 4) is 5.75 Å². The van der Waals surface area contributed by atoms with Crippen molar-refractivity contribution in [3.05, 3.63) is 35.9 Å². The van der Waals surface area contributed by atoms with E-state index in [1.165, 1.54) is 0 Å². The lowest BCUT2D eigenvalue weighted by Gasteiger charge is -2.07. The molecule has 1 atom stereocenters. The molecule has 0 saturated carbocycles. The van der Waals surface area contributed by atoms with Crippen molar-refractivity contribution >= 4 is 6.08 Å². The molecular formula is C13H19NO2. The summed E-state index contributed by atoms with van der Waals surface area (Å²) in [5.41, 5.74) is 1.06. The first-order chi connectivity index (χ1) is 7.77. The SMILES string of the molecule is COc1ccccc1/C=C/CN[C@@H](C)CO. The fourth-order valence-corrected chi connectivity index (χ4v) is 1.32. The minimum absolute atomic E-state index is 0.127. The number of rotatable bonds is 6. The van der Waals surface area contributed by atoms with Crippen LogP contribution in [0.1, 0.15) is 12.5 Å². The Morgan fingerprint density at radius 3 is 2.88 bits per heavy atom. The Bertz CT molecular complexity index is 336. The summed E-state index contributed by atoms with van der Waals surface area (Å²) < 4.78 is 5.23. The molecule has 0 heterocycles. The maximum Gasteiger partial charge on any atom is 0.126 e. The summed E-state index contributed by atoms with van der Waals surface area (Å²) in [7, 11) is 1.67. The van der Waals surface area contributed by atoms with Crippen LogP contribution in [0, 0.1) is 0 Å². The van der Waals surface area contributed by atoms with E-state index in [-0.39, 0.29) is 12.6 Å². The molecule has 1 rings (SSSR count). The normalized spacial score (nSPS) is 12.9. The van der Waals surface area contributed by atoms with E-state index in [1.54, 1.807) is 7.11 Å². The molecule has 0 bridgehead atoms. The molecule has 0 spiro atoms. The second kappa shape index (κ2) is 7.04. The van der Waals surface area contributed by atoms with E-state index in [9.17, 15) is 0 Å². The lowest BCUT2D eigenvalue weighted by atomic mass is 10.2. The number of ether oxygens (including phenoxy) is 1. The summed E-state index contributed by atoms with van der Waals surface area (Å²) in [6.45, 7) is 2.83. The molecule has 0 aromatic heterocycles. The molecule has 0 amide bonds. The second-order valence-corrected chi connectivity index (χ2v) is 3.64. The van der Waals surface area contributed by atoms with Crippen LogP contribution in [-0.2, 0) is 0 Å². The first-order valence-electron chi connectivity index (χ1n) is 5.41. The third-order valence-electron chi connectivity index (χ3n) is 2.29. The van der Waals surface area contributed by atoms with Crippen LogP contribution in [0.3, 0.4) is 0 Å². The molecule has 16 heavy (non-hydrogen) atoms. The highest BCUT2D eigenvalue weighted by Crippen LogP contribution is 2.18. The van der Waals surface area contributed by atoms with Crippen LogP contribution in [0.4, 0.5) is 0 Å². The highest BCUT2D eigenvalue weighted by Gasteiger charge is 1.97. The average Bonchev–Trinajstić information content (AvgIpc) is 2.34. The van der Waals surface area contributed by atoms with Gasteiger partial charge in [-0.05, 0) is 13.0 Å². The van der Waals surface area contributed by atoms with Crippen molar-refractivity contribution in [2.45, 2.75) is 13.0 Å². The van der Waals surface area contributed by atoms with E-state index < -0.39 is 0 Å². The maximum atomic E-state index is 8.83. The van der Waals surface area contributed by atoms with Gasteiger partial charge in [0.15, 0.2) is 0 Å². The smallest absolute Gasteiger partial charge is 0.126 e. The van der Waals surface area contributed by atoms with Gasteiger partial charge in [0.25, 0.3) is 0 Å². The molecule has 0 unspecified atom stereocenters. The minimum atomic E-state index is 0.127. The standard InChI is InChI=1S/C13H19NO2/c1-11(10-15)14-9-5-7-12-6-3-4-8-13(12)16-2/h3-8,11,14-15H,9-10H2,1-2H3/b7-5+/t11-/m0/s1. The first-order valence-corrected chi connectivity index (χ1v) is 5.41. The van der Waals surface area contributed by atoms with Gasteiger partial charge in [0, 0.05) is 18.2 Å². The minimum Gasteiger partial charge on any atom is -0.496 e. The summed E-state index contributed by atoms with van der Waals surface area (Å²) in [5.74, 6) is 0.869. The monoisotopic (exact) mass is 221 g/mol. The molecule has 1 aromatic rings. The number of aliphatic hydroxyl groups excluding tert-OH is 1. The van der Waals surface area contributed by atoms with Gasteiger partial charge in [0.05, 0.1) is 13.7 Å². The van der Waals surface area contributed by atoms with Crippen LogP contribution < -0.4 is 10.1 Å². The Balaban J connectivity index is 2.49. The molecule has 1 aromatic carbocycles. The van der Waals surface area contributed by atoms with Gasteiger partial charge in [-0.15, -0.1) is 0 Å². The molecule has 0 fully saturated rings. The largest absolute Gasteiger partial charge is 0.496 e. The van der Waals surface area contributed by atoms with E-state index in [0.717, 1.165) is 17.9 Å². The first kappa shape index (κ1) is 12.7. The van der Waals surface area contributed by atoms with Crippen molar-refractivity contribution in [1.82, 2.24) is 5.32 Å². The summed E-state index contributed by atoms with van der Waals surface area (Å²) in [5, 5.41) is 12.0. The number of benzene rings is 1. The Labute approximate surface area is 96.8 Å². The van der Waals surface area contributed by atoms with Crippen LogP contribution >= 0.6 is 0 Å². The van der Waals surface area contributed by atoms with Crippen molar-refractivity contribution < 1.29 is 9.84 Å². The zero-order valence-corrected chi connectivity index (χ0v) is 9.81. The van der Waals surface area contributed by atoms with E-state index in [2.05, 4.69) is 5.32 Å². The zero-order chi connectivity index (χ0) is 11.8. The zero-order valence-electron chi connectivity index (χ0n) is 9.81. The number of hydrogen-bond donors (Lipinski definition) is 2. The Morgan fingerprint density at radius 1 is 1.44 bits per heavy atom. The van der Waals surface area contributed by atoms with Crippen LogP contribution in [0.2, 0.25) is 0 Å². The van der Waals surface area contributed by atoms with Crippen molar-refractivity contribution in [1.29, 1.82) is 0 Å². The molecule has 0 aliphatic rings. The van der Waals surface area contributed by atoms with Crippen molar-refractivity contribution in [3.63, 3.8) is 0 Å². The molecule has 3 heteroatoms. The van der Waals surface area contributed by atoms with Crippen LogP contribution in [0.25, 0.3) is 6.08 Å². The van der Waals surface area contributed by atoms with E-state index in [1.807, 2.05) is 43.3 Å². The fourth-order valence-electron chi connectivity index (χ4n) is 1.32. The predicted molar refractivity (Wildman–Crippen MR) is 66.6 cm³/mol. The third kappa shape index (κ3) is 4.04. The Hall–Kier alpha value is -1.32. The topological polar surface area (TPSA) is 41.5 Å². The second-order valence-electron chi connectivity index (χ2n) is 3.64. The Kier molecular flexibility index (Phi) is 5.61. The van der Waals surface area contributed by atoms with Gasteiger partial charge in [-0.1, -0.05) is 30.4 Å². The summed E-state index contributed by atoms with van der Waals surface area (Å²) in [6, 6.07) is 7.99. The molecular weight excluding hydrogens is 202 g/mol. The molecule has 88 valence electrons. The van der Waals surface area contributed by atoms with Gasteiger partial charge >= 0.3 is 0 Å². The Morgan fingerprint density at radius 2 is 2.19 bits per heavy atom. The average molecular weight is 221 g/mol. The lowest BCUT2D eigenvalue weighted by Crippen LogP contribution is -2.29. The van der Waals surface area contributed by atoms with Crippen LogP contribution in [0.5, 0.6) is 5.75 Å². The van der Waals surface area contributed by atoms with Crippen LogP contribution in [-0.4, -0.2) is 31.4 Å². The van der Waals surface area contributed by atoms with Gasteiger partial charge < -0.3 is 15.2 Å². The van der Waals surface area contributed by atoms with Crippen LogP contribution in [0.15, 0.2) is 30.3 Å². The number of methoxy groups -OCH3 is 1. The highest BCUT2D eigenvalue weighted by atomic mass is 16.5. The summed E-state index contributed by atoms with van der Waals surface area (Å²) >= 11 is 0. The van der Waals surface area contributed by atoms with Gasteiger partial charge in [-0.25, -0.2) is 0 Å². The predicted octanol–water partition coefficient (Wildman–Crippen LogP) is 1.68. The van der Waals surface area contributed by atoms with Gasteiger partial charge in [-0.3, -0.25) is 0 Å².